The van der Waals surface area contributed by atoms with E-state index in [1.807, 2.05) is 24.3 Å². The zero-order chi connectivity index (χ0) is 14.9. The van der Waals surface area contributed by atoms with Crippen molar-refractivity contribution >= 4 is 6.09 Å². The van der Waals surface area contributed by atoms with Gasteiger partial charge < -0.3 is 19.5 Å². The van der Waals surface area contributed by atoms with Crippen LogP contribution < -0.4 is 14.8 Å². The van der Waals surface area contributed by atoms with Crippen LogP contribution in [0.5, 0.6) is 11.5 Å². The Morgan fingerprint density at radius 3 is 2.71 bits per heavy atom. The number of tetrazole rings is 1. The fraction of sp³-hybridized carbons (Fsp3) is 0.333. The fourth-order valence-corrected chi connectivity index (χ4v) is 1.57. The number of aromatic amines is 1. The molecule has 2 heterocycles. The van der Waals surface area contributed by atoms with Crippen LogP contribution in [0.15, 0.2) is 30.6 Å². The minimum Gasteiger partial charge on any atom is -0.493 e. The summed E-state index contributed by atoms with van der Waals surface area (Å²) in [6.07, 6.45) is 0.700. The number of cyclic esters (lactones) is 1. The third-order valence-corrected chi connectivity index (χ3v) is 2.51. The van der Waals surface area contributed by atoms with Crippen LogP contribution in [0, 0.1) is 0 Å². The van der Waals surface area contributed by atoms with Crippen LogP contribution in [0.4, 0.5) is 4.79 Å². The number of hydrogen-bond donors (Lipinski definition) is 2. The van der Waals surface area contributed by atoms with E-state index in [4.69, 9.17) is 14.2 Å². The molecule has 0 spiro atoms. The summed E-state index contributed by atoms with van der Waals surface area (Å²) >= 11 is 0. The summed E-state index contributed by atoms with van der Waals surface area (Å²) in [5.41, 5.74) is 0. The summed E-state index contributed by atoms with van der Waals surface area (Å²) in [4.78, 5) is 10.8. The number of rotatable bonds is 4. The average Bonchev–Trinajstić information content (AvgIpc) is 3.20. The Morgan fingerprint density at radius 1 is 1.38 bits per heavy atom. The SMILES string of the molecule is COc1ccccc1OCC1CNC(=O)O1.c1nn[nH]n1. The number of carbonyl (C=O) groups is 1. The van der Waals surface area contributed by atoms with Gasteiger partial charge in [0.1, 0.15) is 6.61 Å². The second-order valence-electron chi connectivity index (χ2n) is 3.93. The maximum Gasteiger partial charge on any atom is 0.407 e. The second kappa shape index (κ2) is 7.68. The zero-order valence-corrected chi connectivity index (χ0v) is 11.4. The van der Waals surface area contributed by atoms with Crippen molar-refractivity contribution in [3.63, 3.8) is 0 Å². The van der Waals surface area contributed by atoms with E-state index < -0.39 is 6.09 Å². The van der Waals surface area contributed by atoms with Crippen molar-refractivity contribution in [2.24, 2.45) is 0 Å². The molecule has 0 radical (unpaired) electrons. The molecule has 1 atom stereocenters. The maximum absolute atomic E-state index is 10.8. The molecule has 2 aromatic rings. The fourth-order valence-electron chi connectivity index (χ4n) is 1.57. The highest BCUT2D eigenvalue weighted by atomic mass is 16.6. The molecule has 9 heteroatoms. The minimum absolute atomic E-state index is 0.239. The van der Waals surface area contributed by atoms with Gasteiger partial charge in [-0.1, -0.05) is 17.3 Å². The maximum atomic E-state index is 10.8. The quantitative estimate of drug-likeness (QED) is 0.838. The van der Waals surface area contributed by atoms with E-state index in [0.717, 1.165) is 0 Å². The summed E-state index contributed by atoms with van der Waals surface area (Å²) in [6.45, 7) is 0.799. The van der Waals surface area contributed by atoms with Crippen molar-refractivity contribution in [1.29, 1.82) is 0 Å². The van der Waals surface area contributed by atoms with E-state index in [2.05, 4.69) is 25.9 Å². The van der Waals surface area contributed by atoms with Gasteiger partial charge in [-0.05, 0) is 12.1 Å². The first kappa shape index (κ1) is 14.6. The van der Waals surface area contributed by atoms with Gasteiger partial charge in [0.15, 0.2) is 23.9 Å². The van der Waals surface area contributed by atoms with Crippen LogP contribution in [-0.2, 0) is 4.74 Å². The van der Waals surface area contributed by atoms with E-state index in [1.165, 1.54) is 6.33 Å². The molecular formula is C12H15N5O4. The zero-order valence-electron chi connectivity index (χ0n) is 11.4. The Labute approximate surface area is 120 Å². The lowest BCUT2D eigenvalue weighted by Gasteiger charge is -2.12. The lowest BCUT2D eigenvalue weighted by molar-refractivity contribution is 0.103. The summed E-state index contributed by atoms with van der Waals surface area (Å²) in [7, 11) is 1.58. The first-order valence-electron chi connectivity index (χ1n) is 6.16. The van der Waals surface area contributed by atoms with Crippen LogP contribution in [0.3, 0.4) is 0 Å². The number of aromatic nitrogens is 4. The topological polar surface area (TPSA) is 111 Å². The number of alkyl carbamates (subject to hydrolysis) is 1. The number of hydrogen-bond acceptors (Lipinski definition) is 7. The van der Waals surface area contributed by atoms with Gasteiger partial charge in [0, 0.05) is 0 Å². The number of benzene rings is 1. The van der Waals surface area contributed by atoms with E-state index in [1.54, 1.807) is 7.11 Å². The molecule has 1 fully saturated rings. The first-order valence-corrected chi connectivity index (χ1v) is 6.16. The number of para-hydroxylation sites is 2. The number of H-pyrrole nitrogens is 1. The number of carbonyl (C=O) groups excluding carboxylic acids is 1. The van der Waals surface area contributed by atoms with Gasteiger partial charge >= 0.3 is 6.09 Å². The molecule has 2 N–H and O–H groups in total. The molecule has 21 heavy (non-hydrogen) atoms. The van der Waals surface area contributed by atoms with Crippen LogP contribution in [0.1, 0.15) is 0 Å². The third kappa shape index (κ3) is 4.64. The summed E-state index contributed by atoms with van der Waals surface area (Å²) in [5, 5.41) is 14.7. The minimum atomic E-state index is -0.395. The van der Waals surface area contributed by atoms with Crippen molar-refractivity contribution < 1.29 is 19.0 Å². The van der Waals surface area contributed by atoms with Crippen molar-refractivity contribution in [2.75, 3.05) is 20.3 Å². The standard InChI is InChI=1S/C11H13NO4.CH2N4/c1-14-9-4-2-3-5-10(9)15-7-8-6-12-11(13)16-8;1-2-4-5-3-1/h2-5,8H,6-7H2,1H3,(H,12,13);1H,(H,2,3,4,5). The molecule has 0 bridgehead atoms. The van der Waals surface area contributed by atoms with Crippen LogP contribution in [-0.4, -0.2) is 53.1 Å². The molecular weight excluding hydrogens is 278 g/mol. The average molecular weight is 293 g/mol. The van der Waals surface area contributed by atoms with Crippen LogP contribution >= 0.6 is 0 Å². The van der Waals surface area contributed by atoms with Crippen molar-refractivity contribution in [2.45, 2.75) is 6.10 Å². The second-order valence-corrected chi connectivity index (χ2v) is 3.93. The molecule has 1 saturated heterocycles. The third-order valence-electron chi connectivity index (χ3n) is 2.51. The molecule has 1 aliphatic heterocycles. The monoisotopic (exact) mass is 293 g/mol. The number of nitrogens with zero attached hydrogens (tertiary/aromatic N) is 3. The predicted octanol–water partition coefficient (Wildman–Crippen LogP) is 0.382. The van der Waals surface area contributed by atoms with Gasteiger partial charge in [-0.3, -0.25) is 0 Å². The molecule has 1 unspecified atom stereocenters. The number of nitrogens with one attached hydrogen (secondary N) is 2. The molecule has 1 amide bonds. The molecule has 0 saturated carbocycles. The lowest BCUT2D eigenvalue weighted by Crippen LogP contribution is -2.22. The molecule has 1 aliphatic rings. The molecule has 0 aliphatic carbocycles. The van der Waals surface area contributed by atoms with Crippen molar-refractivity contribution in [3.8, 4) is 11.5 Å². The van der Waals surface area contributed by atoms with Gasteiger partial charge in [-0.15, -0.1) is 10.2 Å². The Balaban J connectivity index is 0.000000272. The van der Waals surface area contributed by atoms with E-state index in [0.29, 0.717) is 24.7 Å². The smallest absolute Gasteiger partial charge is 0.407 e. The molecule has 9 nitrogen and oxygen atoms in total. The summed E-state index contributed by atoms with van der Waals surface area (Å²) in [5.74, 6) is 1.31. The molecule has 112 valence electrons. The van der Waals surface area contributed by atoms with Crippen LogP contribution in [0.25, 0.3) is 0 Å². The highest BCUT2D eigenvalue weighted by molar-refractivity contribution is 5.69. The van der Waals surface area contributed by atoms with E-state index in [-0.39, 0.29) is 6.10 Å². The van der Waals surface area contributed by atoms with Gasteiger partial charge in [-0.2, -0.15) is 5.21 Å². The van der Waals surface area contributed by atoms with E-state index >= 15 is 0 Å². The van der Waals surface area contributed by atoms with Gasteiger partial charge in [0.2, 0.25) is 0 Å². The number of methoxy groups -OCH3 is 1. The largest absolute Gasteiger partial charge is 0.493 e. The number of amides is 1. The molecule has 1 aromatic heterocycles. The van der Waals surface area contributed by atoms with E-state index in [9.17, 15) is 4.79 Å². The Bertz CT molecular complexity index is 531. The molecule has 3 rings (SSSR count). The Kier molecular flexibility index (Phi) is 5.33. The van der Waals surface area contributed by atoms with Gasteiger partial charge in [-0.25, -0.2) is 4.79 Å². The number of ether oxygens (including phenoxy) is 3. The van der Waals surface area contributed by atoms with Gasteiger partial charge in [0.05, 0.1) is 13.7 Å². The highest BCUT2D eigenvalue weighted by Crippen LogP contribution is 2.26. The van der Waals surface area contributed by atoms with Crippen LogP contribution in [0.2, 0.25) is 0 Å². The van der Waals surface area contributed by atoms with Gasteiger partial charge in [0.25, 0.3) is 0 Å². The Hall–Kier alpha value is -2.84. The summed E-state index contributed by atoms with van der Waals surface area (Å²) in [6, 6.07) is 7.34. The van der Waals surface area contributed by atoms with Crippen molar-refractivity contribution in [3.05, 3.63) is 30.6 Å². The summed E-state index contributed by atoms with van der Waals surface area (Å²) < 4.78 is 15.6. The lowest BCUT2D eigenvalue weighted by atomic mass is 10.3. The Morgan fingerprint density at radius 2 is 2.19 bits per heavy atom. The molecule has 1 aromatic carbocycles. The highest BCUT2D eigenvalue weighted by Gasteiger charge is 2.23. The van der Waals surface area contributed by atoms with Crippen molar-refractivity contribution in [1.82, 2.24) is 25.9 Å². The predicted molar refractivity (Wildman–Crippen MR) is 70.9 cm³/mol. The first-order chi connectivity index (χ1) is 10.3. The normalized spacial score (nSPS) is 16.2.